The first-order chi connectivity index (χ1) is 6.83. The molecule has 14 heavy (non-hydrogen) atoms. The van der Waals surface area contributed by atoms with Gasteiger partial charge in [-0.25, -0.2) is 0 Å². The van der Waals surface area contributed by atoms with Crippen LogP contribution in [-0.2, 0) is 6.54 Å². The second-order valence-corrected chi connectivity index (χ2v) is 3.71. The van der Waals surface area contributed by atoms with Crippen molar-refractivity contribution in [1.82, 2.24) is 9.78 Å². The van der Waals surface area contributed by atoms with Crippen LogP contribution >= 0.6 is 0 Å². The lowest BCUT2D eigenvalue weighted by Gasteiger charge is -2.09. The lowest BCUT2D eigenvalue weighted by atomic mass is 10.1. The van der Waals surface area contributed by atoms with E-state index >= 15 is 0 Å². The van der Waals surface area contributed by atoms with E-state index in [1.807, 2.05) is 16.9 Å². The molecular weight excluding hydrogens is 176 g/mol. The molecule has 1 aromatic heterocycles. The van der Waals surface area contributed by atoms with Gasteiger partial charge in [-0.05, 0) is 18.9 Å². The molecule has 80 valence electrons. The largest absolute Gasteiger partial charge is 0.393 e. The summed E-state index contributed by atoms with van der Waals surface area (Å²) in [6.45, 7) is 3.00. The molecule has 0 spiro atoms. The molecule has 0 radical (unpaired) electrons. The molecule has 0 aromatic carbocycles. The summed E-state index contributed by atoms with van der Waals surface area (Å²) >= 11 is 0. The molecule has 0 amide bonds. The van der Waals surface area contributed by atoms with Gasteiger partial charge in [0.05, 0.1) is 6.10 Å². The Kier molecular flexibility index (Phi) is 5.30. The fourth-order valence-electron chi connectivity index (χ4n) is 1.49. The van der Waals surface area contributed by atoms with Gasteiger partial charge in [-0.2, -0.15) is 5.10 Å². The minimum atomic E-state index is -0.161. The van der Waals surface area contributed by atoms with Crippen molar-refractivity contribution >= 4 is 0 Å². The quantitative estimate of drug-likeness (QED) is 0.679. The van der Waals surface area contributed by atoms with Gasteiger partial charge in [0, 0.05) is 18.9 Å². The van der Waals surface area contributed by atoms with Gasteiger partial charge in [0.1, 0.15) is 0 Å². The van der Waals surface area contributed by atoms with Gasteiger partial charge in [0.25, 0.3) is 0 Å². The molecule has 3 nitrogen and oxygen atoms in total. The van der Waals surface area contributed by atoms with Crippen LogP contribution in [0, 0.1) is 0 Å². The number of rotatable bonds is 7. The summed E-state index contributed by atoms with van der Waals surface area (Å²) in [5, 5.41) is 13.7. The molecule has 3 heteroatoms. The van der Waals surface area contributed by atoms with Crippen LogP contribution < -0.4 is 0 Å². The molecule has 0 aliphatic carbocycles. The number of aromatic nitrogens is 2. The number of unbranched alkanes of at least 4 members (excludes halogenated alkanes) is 2. The second-order valence-electron chi connectivity index (χ2n) is 3.71. The van der Waals surface area contributed by atoms with E-state index in [1.54, 1.807) is 6.20 Å². The van der Waals surface area contributed by atoms with E-state index in [0.717, 1.165) is 25.8 Å². The monoisotopic (exact) mass is 196 g/mol. The number of aliphatic hydroxyl groups excluding tert-OH is 1. The van der Waals surface area contributed by atoms with E-state index in [2.05, 4.69) is 12.0 Å². The molecule has 0 aliphatic heterocycles. The second kappa shape index (κ2) is 6.60. The SMILES string of the molecule is CCCCCC(O)CCn1cccn1. The van der Waals surface area contributed by atoms with Gasteiger partial charge in [-0.15, -0.1) is 0 Å². The number of hydrogen-bond donors (Lipinski definition) is 1. The Balaban J connectivity index is 2.06. The molecule has 0 saturated carbocycles. The zero-order valence-corrected chi connectivity index (χ0v) is 8.89. The molecule has 1 aromatic rings. The standard InChI is InChI=1S/C11H20N2O/c1-2-3-4-6-11(14)7-10-13-9-5-8-12-13/h5,8-9,11,14H,2-4,6-7,10H2,1H3. The van der Waals surface area contributed by atoms with Gasteiger partial charge in [-0.1, -0.05) is 26.2 Å². The average molecular weight is 196 g/mol. The zero-order valence-electron chi connectivity index (χ0n) is 8.89. The third-order valence-corrected chi connectivity index (χ3v) is 2.39. The molecule has 1 unspecified atom stereocenters. The van der Waals surface area contributed by atoms with Crippen molar-refractivity contribution < 1.29 is 5.11 Å². The van der Waals surface area contributed by atoms with Crippen LogP contribution in [0.15, 0.2) is 18.5 Å². The maximum Gasteiger partial charge on any atom is 0.0557 e. The fourth-order valence-corrected chi connectivity index (χ4v) is 1.49. The summed E-state index contributed by atoms with van der Waals surface area (Å²) in [6.07, 6.45) is 8.84. The highest BCUT2D eigenvalue weighted by Crippen LogP contribution is 2.07. The number of aryl methyl sites for hydroxylation is 1. The van der Waals surface area contributed by atoms with E-state index in [9.17, 15) is 5.11 Å². The van der Waals surface area contributed by atoms with Gasteiger partial charge in [0.15, 0.2) is 0 Å². The third-order valence-electron chi connectivity index (χ3n) is 2.39. The molecule has 0 bridgehead atoms. The molecule has 1 heterocycles. The van der Waals surface area contributed by atoms with Crippen LogP contribution in [0.2, 0.25) is 0 Å². The highest BCUT2D eigenvalue weighted by atomic mass is 16.3. The van der Waals surface area contributed by atoms with Crippen molar-refractivity contribution in [1.29, 1.82) is 0 Å². The van der Waals surface area contributed by atoms with E-state index in [0.29, 0.717) is 0 Å². The third kappa shape index (κ3) is 4.42. The van der Waals surface area contributed by atoms with Gasteiger partial charge >= 0.3 is 0 Å². The van der Waals surface area contributed by atoms with Crippen molar-refractivity contribution in [2.24, 2.45) is 0 Å². The maximum absolute atomic E-state index is 9.63. The van der Waals surface area contributed by atoms with Crippen molar-refractivity contribution in [3.05, 3.63) is 18.5 Å². The Morgan fingerprint density at radius 1 is 1.36 bits per heavy atom. The van der Waals surface area contributed by atoms with Crippen LogP contribution in [0.4, 0.5) is 0 Å². The van der Waals surface area contributed by atoms with Crippen LogP contribution in [0.1, 0.15) is 39.0 Å². The fraction of sp³-hybridized carbons (Fsp3) is 0.727. The number of nitrogens with zero attached hydrogens (tertiary/aromatic N) is 2. The van der Waals surface area contributed by atoms with Crippen molar-refractivity contribution in [2.75, 3.05) is 0 Å². The lowest BCUT2D eigenvalue weighted by molar-refractivity contribution is 0.144. The van der Waals surface area contributed by atoms with E-state index < -0.39 is 0 Å². The molecule has 1 rings (SSSR count). The van der Waals surface area contributed by atoms with Gasteiger partial charge < -0.3 is 5.11 Å². The van der Waals surface area contributed by atoms with Gasteiger partial charge in [0.2, 0.25) is 0 Å². The van der Waals surface area contributed by atoms with Crippen molar-refractivity contribution in [3.63, 3.8) is 0 Å². The van der Waals surface area contributed by atoms with Crippen LogP contribution in [-0.4, -0.2) is 21.0 Å². The molecule has 1 N–H and O–H groups in total. The minimum Gasteiger partial charge on any atom is -0.393 e. The first kappa shape index (κ1) is 11.2. The predicted molar refractivity (Wildman–Crippen MR) is 57.0 cm³/mol. The van der Waals surface area contributed by atoms with Crippen LogP contribution in [0.3, 0.4) is 0 Å². The summed E-state index contributed by atoms with van der Waals surface area (Å²) in [4.78, 5) is 0. The Morgan fingerprint density at radius 3 is 2.86 bits per heavy atom. The molecule has 0 saturated heterocycles. The summed E-state index contributed by atoms with van der Waals surface area (Å²) < 4.78 is 1.86. The van der Waals surface area contributed by atoms with E-state index in [4.69, 9.17) is 0 Å². The molecule has 0 aliphatic rings. The first-order valence-electron chi connectivity index (χ1n) is 5.48. The Labute approximate surface area is 85.8 Å². The summed E-state index contributed by atoms with van der Waals surface area (Å²) in [5.41, 5.74) is 0. The highest BCUT2D eigenvalue weighted by Gasteiger charge is 2.03. The summed E-state index contributed by atoms with van der Waals surface area (Å²) in [7, 11) is 0. The van der Waals surface area contributed by atoms with Crippen LogP contribution in [0.5, 0.6) is 0 Å². The zero-order chi connectivity index (χ0) is 10.2. The average Bonchev–Trinajstić information content (AvgIpc) is 2.68. The smallest absolute Gasteiger partial charge is 0.0557 e. The van der Waals surface area contributed by atoms with Crippen LogP contribution in [0.25, 0.3) is 0 Å². The number of aliphatic hydroxyl groups is 1. The molecule has 1 atom stereocenters. The first-order valence-corrected chi connectivity index (χ1v) is 5.48. The van der Waals surface area contributed by atoms with E-state index in [-0.39, 0.29) is 6.10 Å². The predicted octanol–water partition coefficient (Wildman–Crippen LogP) is 2.21. The molecule has 0 fully saturated rings. The Morgan fingerprint density at radius 2 is 2.21 bits per heavy atom. The highest BCUT2D eigenvalue weighted by molar-refractivity contribution is 4.77. The Bertz CT molecular complexity index is 221. The minimum absolute atomic E-state index is 0.161. The molecular formula is C11H20N2O. The summed E-state index contributed by atoms with van der Waals surface area (Å²) in [6, 6.07) is 1.91. The van der Waals surface area contributed by atoms with Crippen molar-refractivity contribution in [2.45, 2.75) is 51.7 Å². The maximum atomic E-state index is 9.63. The topological polar surface area (TPSA) is 38.0 Å². The van der Waals surface area contributed by atoms with E-state index in [1.165, 1.54) is 12.8 Å². The van der Waals surface area contributed by atoms with Gasteiger partial charge in [-0.3, -0.25) is 4.68 Å². The normalized spacial score (nSPS) is 13.0. The van der Waals surface area contributed by atoms with Crippen molar-refractivity contribution in [3.8, 4) is 0 Å². The lowest BCUT2D eigenvalue weighted by Crippen LogP contribution is -2.11. The number of hydrogen-bond acceptors (Lipinski definition) is 2. The Hall–Kier alpha value is -0.830. The summed E-state index contributed by atoms with van der Waals surface area (Å²) in [5.74, 6) is 0.